The number of rotatable bonds is 3. The third kappa shape index (κ3) is 2.79. The first-order valence-electron chi connectivity index (χ1n) is 5.54. The molecule has 1 fully saturated rings. The van der Waals surface area contributed by atoms with Crippen LogP contribution >= 0.6 is 27.5 Å². The predicted molar refractivity (Wildman–Crippen MR) is 73.7 cm³/mol. The van der Waals surface area contributed by atoms with Crippen molar-refractivity contribution in [2.45, 2.75) is 23.8 Å². The van der Waals surface area contributed by atoms with Gasteiger partial charge in [0.25, 0.3) is 0 Å². The van der Waals surface area contributed by atoms with Crippen molar-refractivity contribution in [1.82, 2.24) is 4.31 Å². The molecule has 0 spiro atoms. The van der Waals surface area contributed by atoms with E-state index in [0.29, 0.717) is 17.3 Å². The summed E-state index contributed by atoms with van der Waals surface area (Å²) in [6.07, 6.45) is 0.849. The highest BCUT2D eigenvalue weighted by Crippen LogP contribution is 2.32. The molecule has 1 aromatic carbocycles. The predicted octanol–water partition coefficient (Wildman–Crippen LogP) is 2.34. The van der Waals surface area contributed by atoms with Crippen molar-refractivity contribution < 1.29 is 18.3 Å². The van der Waals surface area contributed by atoms with E-state index in [2.05, 4.69) is 15.9 Å². The summed E-state index contributed by atoms with van der Waals surface area (Å²) in [6, 6.07) is 3.46. The van der Waals surface area contributed by atoms with Crippen LogP contribution < -0.4 is 0 Å². The highest BCUT2D eigenvalue weighted by Gasteiger charge is 2.40. The number of carboxylic acids is 1. The van der Waals surface area contributed by atoms with Gasteiger partial charge in [0.15, 0.2) is 0 Å². The zero-order chi connectivity index (χ0) is 14.2. The summed E-state index contributed by atoms with van der Waals surface area (Å²) in [5.74, 6) is -1.13. The Kier molecular flexibility index (Phi) is 4.20. The average Bonchev–Trinajstić information content (AvgIpc) is 2.82. The summed E-state index contributed by atoms with van der Waals surface area (Å²) in [5.41, 5.74) is 0. The third-order valence-electron chi connectivity index (χ3n) is 2.97. The lowest BCUT2D eigenvalue weighted by molar-refractivity contribution is -0.140. The summed E-state index contributed by atoms with van der Waals surface area (Å²) in [7, 11) is -3.90. The molecule has 1 aliphatic rings. The quantitative estimate of drug-likeness (QED) is 0.888. The van der Waals surface area contributed by atoms with Gasteiger partial charge in [-0.15, -0.1) is 0 Å². The molecule has 1 N–H and O–H groups in total. The first-order chi connectivity index (χ1) is 8.84. The van der Waals surface area contributed by atoms with E-state index in [1.807, 2.05) is 0 Å². The smallest absolute Gasteiger partial charge is 0.322 e. The molecule has 1 aliphatic heterocycles. The van der Waals surface area contributed by atoms with Crippen LogP contribution in [0.15, 0.2) is 27.6 Å². The van der Waals surface area contributed by atoms with Crippen LogP contribution in [-0.2, 0) is 14.8 Å². The van der Waals surface area contributed by atoms with Crippen LogP contribution in [0.3, 0.4) is 0 Å². The van der Waals surface area contributed by atoms with E-state index in [-0.39, 0.29) is 16.5 Å². The summed E-state index contributed by atoms with van der Waals surface area (Å²) >= 11 is 9.10. The largest absolute Gasteiger partial charge is 0.480 e. The fourth-order valence-electron chi connectivity index (χ4n) is 2.08. The highest BCUT2D eigenvalue weighted by atomic mass is 79.9. The van der Waals surface area contributed by atoms with Gasteiger partial charge in [0.2, 0.25) is 10.0 Å². The molecule has 8 heteroatoms. The number of aliphatic carboxylic acids is 1. The maximum atomic E-state index is 12.5. The van der Waals surface area contributed by atoms with E-state index in [9.17, 15) is 13.2 Å². The molecule has 1 aromatic rings. The van der Waals surface area contributed by atoms with Crippen molar-refractivity contribution in [3.05, 3.63) is 27.7 Å². The summed E-state index contributed by atoms with van der Waals surface area (Å²) < 4.78 is 26.5. The van der Waals surface area contributed by atoms with Crippen LogP contribution in [0.5, 0.6) is 0 Å². The van der Waals surface area contributed by atoms with Gasteiger partial charge in [-0.3, -0.25) is 4.79 Å². The Bertz CT molecular complexity index is 619. The van der Waals surface area contributed by atoms with Crippen molar-refractivity contribution in [3.63, 3.8) is 0 Å². The Morgan fingerprint density at radius 3 is 2.79 bits per heavy atom. The first-order valence-corrected chi connectivity index (χ1v) is 8.15. The topological polar surface area (TPSA) is 74.7 Å². The van der Waals surface area contributed by atoms with Crippen molar-refractivity contribution >= 4 is 43.5 Å². The van der Waals surface area contributed by atoms with Gasteiger partial charge >= 0.3 is 5.97 Å². The third-order valence-corrected chi connectivity index (χ3v) is 5.85. The van der Waals surface area contributed by atoms with E-state index in [1.54, 1.807) is 6.07 Å². The molecule has 1 saturated heterocycles. The Morgan fingerprint density at radius 1 is 1.47 bits per heavy atom. The molecule has 19 heavy (non-hydrogen) atoms. The zero-order valence-electron chi connectivity index (χ0n) is 9.71. The average molecular weight is 369 g/mol. The molecule has 0 bridgehead atoms. The van der Waals surface area contributed by atoms with Crippen LogP contribution in [0.2, 0.25) is 5.02 Å². The van der Waals surface area contributed by atoms with E-state index in [0.717, 1.165) is 4.31 Å². The minimum absolute atomic E-state index is 0.0725. The summed E-state index contributed by atoms with van der Waals surface area (Å²) in [5, 5.41) is 9.15. The highest BCUT2D eigenvalue weighted by molar-refractivity contribution is 9.10. The molecular formula is C11H11BrClNO4S. The van der Waals surface area contributed by atoms with Gasteiger partial charge in [0.1, 0.15) is 10.9 Å². The Labute approximate surface area is 124 Å². The molecule has 5 nitrogen and oxygen atoms in total. The molecular weight excluding hydrogens is 358 g/mol. The number of hydrogen-bond acceptors (Lipinski definition) is 3. The Balaban J connectivity index is 2.48. The first kappa shape index (κ1) is 14.8. The molecule has 0 aromatic heterocycles. The number of halogens is 2. The van der Waals surface area contributed by atoms with E-state index < -0.39 is 22.0 Å². The molecule has 1 atom stereocenters. The second-order valence-electron chi connectivity index (χ2n) is 4.19. The number of carboxylic acid groups (broad SMARTS) is 1. The standard InChI is InChI=1S/C11H11BrClNO4S/c12-7-3-4-8(13)10(6-7)19(17,18)14-5-1-2-9(14)11(15)16/h3-4,6,9H,1-2,5H2,(H,15,16)/t9-/m0/s1. The van der Waals surface area contributed by atoms with Crippen molar-refractivity contribution in [2.75, 3.05) is 6.54 Å². The van der Waals surface area contributed by atoms with Crippen LogP contribution in [0.4, 0.5) is 0 Å². The molecule has 0 amide bonds. The second-order valence-corrected chi connectivity index (χ2v) is 7.37. The van der Waals surface area contributed by atoms with Crippen molar-refractivity contribution in [2.24, 2.45) is 0 Å². The SMILES string of the molecule is O=C(O)[C@@H]1CCCN1S(=O)(=O)c1cc(Br)ccc1Cl. The number of hydrogen-bond donors (Lipinski definition) is 1. The van der Waals surface area contributed by atoms with Gasteiger partial charge in [0, 0.05) is 11.0 Å². The second kappa shape index (κ2) is 5.40. The molecule has 0 unspecified atom stereocenters. The lowest BCUT2D eigenvalue weighted by Crippen LogP contribution is -2.40. The van der Waals surface area contributed by atoms with Gasteiger partial charge in [-0.25, -0.2) is 8.42 Å². The molecule has 0 radical (unpaired) electrons. The maximum Gasteiger partial charge on any atom is 0.322 e. The molecule has 0 aliphatic carbocycles. The Hall–Kier alpha value is -0.630. The van der Waals surface area contributed by atoms with Gasteiger partial charge < -0.3 is 5.11 Å². The van der Waals surface area contributed by atoms with Crippen LogP contribution in [0, 0.1) is 0 Å². The fraction of sp³-hybridized carbons (Fsp3) is 0.364. The normalized spacial score (nSPS) is 20.6. The number of nitrogens with zero attached hydrogens (tertiary/aromatic N) is 1. The van der Waals surface area contributed by atoms with Crippen LogP contribution in [-0.4, -0.2) is 36.4 Å². The maximum absolute atomic E-state index is 12.5. The molecule has 0 saturated carbocycles. The monoisotopic (exact) mass is 367 g/mol. The number of carbonyl (C=O) groups is 1. The summed E-state index contributed by atoms with van der Waals surface area (Å²) in [6.45, 7) is 0.197. The minimum atomic E-state index is -3.90. The Morgan fingerprint density at radius 2 is 2.16 bits per heavy atom. The van der Waals surface area contributed by atoms with E-state index in [1.165, 1.54) is 12.1 Å². The fourth-order valence-corrected chi connectivity index (χ4v) is 4.74. The minimum Gasteiger partial charge on any atom is -0.480 e. The lowest BCUT2D eigenvalue weighted by atomic mass is 10.2. The summed E-state index contributed by atoms with van der Waals surface area (Å²) in [4.78, 5) is 11.0. The molecule has 1 heterocycles. The van der Waals surface area contributed by atoms with Crippen molar-refractivity contribution in [3.8, 4) is 0 Å². The zero-order valence-corrected chi connectivity index (χ0v) is 12.9. The van der Waals surface area contributed by atoms with E-state index in [4.69, 9.17) is 16.7 Å². The van der Waals surface area contributed by atoms with Crippen LogP contribution in [0.25, 0.3) is 0 Å². The van der Waals surface area contributed by atoms with Gasteiger partial charge in [-0.1, -0.05) is 27.5 Å². The number of benzene rings is 1. The molecule has 104 valence electrons. The lowest BCUT2D eigenvalue weighted by Gasteiger charge is -2.21. The van der Waals surface area contributed by atoms with Gasteiger partial charge in [0.05, 0.1) is 5.02 Å². The molecule has 2 rings (SSSR count). The number of sulfonamides is 1. The van der Waals surface area contributed by atoms with Gasteiger partial charge in [-0.2, -0.15) is 4.31 Å². The van der Waals surface area contributed by atoms with Crippen LogP contribution in [0.1, 0.15) is 12.8 Å². The van der Waals surface area contributed by atoms with Gasteiger partial charge in [-0.05, 0) is 31.0 Å². The van der Waals surface area contributed by atoms with E-state index >= 15 is 0 Å². The van der Waals surface area contributed by atoms with Crippen molar-refractivity contribution in [1.29, 1.82) is 0 Å².